The fourth-order valence-electron chi connectivity index (χ4n) is 1.61. The molecule has 0 aliphatic carbocycles. The Morgan fingerprint density at radius 1 is 1.56 bits per heavy atom. The summed E-state index contributed by atoms with van der Waals surface area (Å²) in [7, 11) is 1.40. The number of alkyl halides is 1. The standard InChI is InChI=1S/C12H14BrClO2/c1-12(6-7-14,11(15)16-2)9-4-3-5-10(13)8-9/h3-5,8H,6-7H2,1-2H3. The van der Waals surface area contributed by atoms with Gasteiger partial charge in [0.05, 0.1) is 12.5 Å². The van der Waals surface area contributed by atoms with Gasteiger partial charge in [-0.1, -0.05) is 28.1 Å². The second kappa shape index (κ2) is 5.69. The van der Waals surface area contributed by atoms with Gasteiger partial charge in [-0.15, -0.1) is 11.6 Å². The van der Waals surface area contributed by atoms with E-state index in [0.717, 1.165) is 10.0 Å². The zero-order valence-corrected chi connectivity index (χ0v) is 11.6. The fourth-order valence-corrected chi connectivity index (χ4v) is 2.39. The van der Waals surface area contributed by atoms with E-state index >= 15 is 0 Å². The highest BCUT2D eigenvalue weighted by Crippen LogP contribution is 2.31. The van der Waals surface area contributed by atoms with Gasteiger partial charge in [-0.2, -0.15) is 0 Å². The molecule has 0 aliphatic heterocycles. The van der Waals surface area contributed by atoms with Crippen LogP contribution >= 0.6 is 27.5 Å². The Morgan fingerprint density at radius 3 is 2.75 bits per heavy atom. The van der Waals surface area contributed by atoms with Gasteiger partial charge < -0.3 is 4.74 Å². The number of rotatable bonds is 4. The van der Waals surface area contributed by atoms with Crippen molar-refractivity contribution >= 4 is 33.5 Å². The van der Waals surface area contributed by atoms with Gasteiger partial charge in [0.1, 0.15) is 0 Å². The molecule has 0 saturated heterocycles. The van der Waals surface area contributed by atoms with Crippen LogP contribution in [0.1, 0.15) is 18.9 Å². The second-order valence-corrected chi connectivity index (χ2v) is 5.07. The van der Waals surface area contributed by atoms with Crippen molar-refractivity contribution in [2.24, 2.45) is 0 Å². The molecule has 88 valence electrons. The van der Waals surface area contributed by atoms with Crippen LogP contribution in [-0.2, 0) is 14.9 Å². The summed E-state index contributed by atoms with van der Waals surface area (Å²) in [6.45, 7) is 1.85. The van der Waals surface area contributed by atoms with Crippen LogP contribution in [0.5, 0.6) is 0 Å². The zero-order chi connectivity index (χ0) is 12.2. The van der Waals surface area contributed by atoms with Gasteiger partial charge >= 0.3 is 5.97 Å². The van der Waals surface area contributed by atoms with Crippen molar-refractivity contribution in [1.29, 1.82) is 0 Å². The molecule has 0 heterocycles. The van der Waals surface area contributed by atoms with Crippen LogP contribution in [0.4, 0.5) is 0 Å². The molecule has 1 atom stereocenters. The van der Waals surface area contributed by atoms with Crippen LogP contribution in [0.25, 0.3) is 0 Å². The van der Waals surface area contributed by atoms with Crippen LogP contribution < -0.4 is 0 Å². The minimum atomic E-state index is -0.680. The average Bonchev–Trinajstić information content (AvgIpc) is 2.28. The molecule has 0 spiro atoms. The first-order chi connectivity index (χ1) is 7.54. The first kappa shape index (κ1) is 13.5. The van der Waals surface area contributed by atoms with Crippen LogP contribution in [0.2, 0.25) is 0 Å². The maximum atomic E-state index is 11.8. The summed E-state index contributed by atoms with van der Waals surface area (Å²) in [5, 5.41) is 0. The summed E-state index contributed by atoms with van der Waals surface area (Å²) in [5.74, 6) is 0.157. The van der Waals surface area contributed by atoms with Crippen molar-refractivity contribution in [1.82, 2.24) is 0 Å². The van der Waals surface area contributed by atoms with Crippen LogP contribution in [-0.4, -0.2) is 19.0 Å². The van der Waals surface area contributed by atoms with E-state index in [9.17, 15) is 4.79 Å². The molecule has 1 unspecified atom stereocenters. The molecule has 0 fully saturated rings. The summed E-state index contributed by atoms with van der Waals surface area (Å²) in [6, 6.07) is 7.65. The van der Waals surface area contributed by atoms with Crippen LogP contribution in [0, 0.1) is 0 Å². The Hall–Kier alpha value is -0.540. The van der Waals surface area contributed by atoms with Crippen molar-refractivity contribution in [2.45, 2.75) is 18.8 Å². The Balaban J connectivity index is 3.15. The third kappa shape index (κ3) is 2.77. The molecule has 0 bridgehead atoms. The molecule has 0 N–H and O–H groups in total. The molecule has 1 aromatic carbocycles. The van der Waals surface area contributed by atoms with Gasteiger partial charge in [-0.3, -0.25) is 4.79 Å². The highest BCUT2D eigenvalue weighted by Gasteiger charge is 2.35. The van der Waals surface area contributed by atoms with E-state index in [2.05, 4.69) is 15.9 Å². The van der Waals surface area contributed by atoms with E-state index < -0.39 is 5.41 Å². The van der Waals surface area contributed by atoms with E-state index in [1.807, 2.05) is 31.2 Å². The highest BCUT2D eigenvalue weighted by molar-refractivity contribution is 9.10. The number of hydrogen-bond acceptors (Lipinski definition) is 2. The maximum Gasteiger partial charge on any atom is 0.316 e. The third-order valence-electron chi connectivity index (χ3n) is 2.69. The van der Waals surface area contributed by atoms with E-state index in [1.165, 1.54) is 7.11 Å². The average molecular weight is 306 g/mol. The number of carbonyl (C=O) groups excluding carboxylic acids is 1. The van der Waals surface area contributed by atoms with Gasteiger partial charge in [0.2, 0.25) is 0 Å². The van der Waals surface area contributed by atoms with E-state index in [4.69, 9.17) is 16.3 Å². The zero-order valence-electron chi connectivity index (χ0n) is 9.30. The van der Waals surface area contributed by atoms with Crippen molar-refractivity contribution in [3.05, 3.63) is 34.3 Å². The Morgan fingerprint density at radius 2 is 2.25 bits per heavy atom. The van der Waals surface area contributed by atoms with Gasteiger partial charge in [0.25, 0.3) is 0 Å². The molecular formula is C12H14BrClO2. The molecule has 1 rings (SSSR count). The molecule has 4 heteroatoms. The topological polar surface area (TPSA) is 26.3 Å². The largest absolute Gasteiger partial charge is 0.468 e. The SMILES string of the molecule is COC(=O)C(C)(CCCl)c1cccc(Br)c1. The molecule has 0 saturated carbocycles. The van der Waals surface area contributed by atoms with Gasteiger partial charge in [0, 0.05) is 10.4 Å². The quantitative estimate of drug-likeness (QED) is 0.628. The van der Waals surface area contributed by atoms with Crippen molar-refractivity contribution < 1.29 is 9.53 Å². The predicted molar refractivity (Wildman–Crippen MR) is 68.8 cm³/mol. The van der Waals surface area contributed by atoms with E-state index in [0.29, 0.717) is 12.3 Å². The van der Waals surface area contributed by atoms with E-state index in [-0.39, 0.29) is 5.97 Å². The van der Waals surface area contributed by atoms with E-state index in [1.54, 1.807) is 0 Å². The number of carbonyl (C=O) groups is 1. The van der Waals surface area contributed by atoms with Gasteiger partial charge in [-0.05, 0) is 31.0 Å². The van der Waals surface area contributed by atoms with Gasteiger partial charge in [0.15, 0.2) is 0 Å². The maximum absolute atomic E-state index is 11.8. The molecule has 0 radical (unpaired) electrons. The smallest absolute Gasteiger partial charge is 0.316 e. The summed E-state index contributed by atoms with van der Waals surface area (Å²) in [6.07, 6.45) is 0.553. The normalized spacial score (nSPS) is 14.2. The van der Waals surface area contributed by atoms with Gasteiger partial charge in [-0.25, -0.2) is 0 Å². The number of benzene rings is 1. The number of ether oxygens (including phenoxy) is 1. The lowest BCUT2D eigenvalue weighted by molar-refractivity contribution is -0.147. The summed E-state index contributed by atoms with van der Waals surface area (Å²) in [5.41, 5.74) is 0.231. The molecule has 16 heavy (non-hydrogen) atoms. The van der Waals surface area contributed by atoms with Crippen LogP contribution in [0.15, 0.2) is 28.7 Å². The Kier molecular flexibility index (Phi) is 4.81. The number of methoxy groups -OCH3 is 1. The number of esters is 1. The number of halogens is 2. The molecule has 0 aliphatic rings. The number of hydrogen-bond donors (Lipinski definition) is 0. The monoisotopic (exact) mass is 304 g/mol. The summed E-state index contributed by atoms with van der Waals surface area (Å²) >= 11 is 9.15. The lowest BCUT2D eigenvalue weighted by Gasteiger charge is -2.26. The first-order valence-corrected chi connectivity index (χ1v) is 6.28. The lowest BCUT2D eigenvalue weighted by atomic mass is 9.80. The molecule has 1 aromatic rings. The predicted octanol–water partition coefficient (Wildman–Crippen LogP) is 3.51. The minimum absolute atomic E-state index is 0.258. The lowest BCUT2D eigenvalue weighted by Crippen LogP contribution is -2.34. The third-order valence-corrected chi connectivity index (χ3v) is 3.37. The second-order valence-electron chi connectivity index (χ2n) is 3.77. The summed E-state index contributed by atoms with van der Waals surface area (Å²) in [4.78, 5) is 11.8. The fraction of sp³-hybridized carbons (Fsp3) is 0.417. The van der Waals surface area contributed by atoms with Crippen LogP contribution in [0.3, 0.4) is 0 Å². The molecule has 2 nitrogen and oxygen atoms in total. The molecular weight excluding hydrogens is 291 g/mol. The first-order valence-electron chi connectivity index (χ1n) is 4.95. The summed E-state index contributed by atoms with van der Waals surface area (Å²) < 4.78 is 5.79. The Bertz CT molecular complexity index is 381. The van der Waals surface area contributed by atoms with Crippen molar-refractivity contribution in [2.75, 3.05) is 13.0 Å². The highest BCUT2D eigenvalue weighted by atomic mass is 79.9. The van der Waals surface area contributed by atoms with Crippen molar-refractivity contribution in [3.8, 4) is 0 Å². The minimum Gasteiger partial charge on any atom is -0.468 e. The molecule has 0 aromatic heterocycles. The van der Waals surface area contributed by atoms with Crippen molar-refractivity contribution in [3.63, 3.8) is 0 Å². The molecule has 0 amide bonds. The Labute approximate surface area is 109 Å².